The van der Waals surface area contributed by atoms with Gasteiger partial charge in [-0.05, 0) is 48.6 Å². The van der Waals surface area contributed by atoms with Crippen LogP contribution in [0.5, 0.6) is 0 Å². The molecule has 0 saturated heterocycles. The highest BCUT2D eigenvalue weighted by atomic mass is 32.2. The number of thioether (sulfide) groups is 1. The molecule has 0 atom stereocenters. The average molecular weight is 372 g/mol. The van der Waals surface area contributed by atoms with E-state index < -0.39 is 5.97 Å². The van der Waals surface area contributed by atoms with Gasteiger partial charge in [0.1, 0.15) is 0 Å². The van der Waals surface area contributed by atoms with Gasteiger partial charge < -0.3 is 15.0 Å². The van der Waals surface area contributed by atoms with E-state index in [4.69, 9.17) is 4.74 Å². The molecule has 0 radical (unpaired) electrons. The van der Waals surface area contributed by atoms with Crippen molar-refractivity contribution in [2.24, 2.45) is 0 Å². The molecule has 1 N–H and O–H groups in total. The van der Waals surface area contributed by atoms with E-state index in [9.17, 15) is 9.59 Å². The first-order valence-electron chi connectivity index (χ1n) is 8.45. The summed E-state index contributed by atoms with van der Waals surface area (Å²) in [5, 5.41) is 2.76. The fraction of sp³-hybridized carbons (Fsp3) is 0.300. The van der Waals surface area contributed by atoms with Crippen molar-refractivity contribution in [3.8, 4) is 0 Å². The Hall–Kier alpha value is -2.47. The zero-order chi connectivity index (χ0) is 18.8. The van der Waals surface area contributed by atoms with Gasteiger partial charge in [-0.1, -0.05) is 18.2 Å². The number of carbonyl (C=O) groups excluding carboxylic acids is 2. The van der Waals surface area contributed by atoms with Gasteiger partial charge in [-0.25, -0.2) is 4.79 Å². The second-order valence-corrected chi connectivity index (χ2v) is 7.05. The Balaban J connectivity index is 1.61. The summed E-state index contributed by atoms with van der Waals surface area (Å²) >= 11 is 1.75. The molecule has 0 aliphatic rings. The maximum atomic E-state index is 11.9. The van der Waals surface area contributed by atoms with Crippen molar-refractivity contribution in [2.75, 3.05) is 37.9 Å². The monoisotopic (exact) mass is 372 g/mol. The summed E-state index contributed by atoms with van der Waals surface area (Å²) in [4.78, 5) is 26.9. The highest BCUT2D eigenvalue weighted by molar-refractivity contribution is 7.99. The molecule has 0 unspecified atom stereocenters. The highest BCUT2D eigenvalue weighted by Gasteiger charge is 2.10. The quantitative estimate of drug-likeness (QED) is 0.416. The smallest absolute Gasteiger partial charge is 0.338 e. The van der Waals surface area contributed by atoms with Gasteiger partial charge in [0.15, 0.2) is 6.61 Å². The van der Waals surface area contributed by atoms with E-state index >= 15 is 0 Å². The van der Waals surface area contributed by atoms with Gasteiger partial charge in [-0.3, -0.25) is 4.79 Å². The second-order valence-electron chi connectivity index (χ2n) is 5.88. The van der Waals surface area contributed by atoms with Crippen LogP contribution < -0.4 is 10.2 Å². The van der Waals surface area contributed by atoms with Crippen molar-refractivity contribution >= 4 is 29.3 Å². The van der Waals surface area contributed by atoms with Crippen molar-refractivity contribution in [3.05, 3.63) is 60.2 Å². The number of nitrogens with zero attached hydrogens (tertiary/aromatic N) is 1. The van der Waals surface area contributed by atoms with E-state index in [1.165, 1.54) is 4.90 Å². The van der Waals surface area contributed by atoms with E-state index in [0.717, 1.165) is 17.9 Å². The molecule has 2 aromatic carbocycles. The molecule has 5 nitrogen and oxygen atoms in total. The number of hydrogen-bond donors (Lipinski definition) is 1. The van der Waals surface area contributed by atoms with Crippen LogP contribution in [0.4, 0.5) is 5.69 Å². The van der Waals surface area contributed by atoms with Crippen LogP contribution in [-0.2, 0) is 9.53 Å². The minimum Gasteiger partial charge on any atom is -0.452 e. The van der Waals surface area contributed by atoms with Crippen LogP contribution in [0, 0.1) is 0 Å². The van der Waals surface area contributed by atoms with E-state index in [2.05, 4.69) is 17.4 Å². The number of hydrogen-bond acceptors (Lipinski definition) is 5. The first-order valence-corrected chi connectivity index (χ1v) is 9.44. The Labute approximate surface area is 158 Å². The van der Waals surface area contributed by atoms with Crippen molar-refractivity contribution in [1.82, 2.24) is 5.32 Å². The molecule has 138 valence electrons. The minimum absolute atomic E-state index is 0.264. The van der Waals surface area contributed by atoms with Gasteiger partial charge >= 0.3 is 5.97 Å². The number of nitrogens with one attached hydrogen (secondary N) is 1. The van der Waals surface area contributed by atoms with Gasteiger partial charge in [0.25, 0.3) is 5.91 Å². The summed E-state index contributed by atoms with van der Waals surface area (Å²) in [6, 6.07) is 17.2. The number of carbonyl (C=O) groups is 2. The van der Waals surface area contributed by atoms with E-state index in [0.29, 0.717) is 12.1 Å². The van der Waals surface area contributed by atoms with Gasteiger partial charge in [0.05, 0.1) is 5.56 Å². The van der Waals surface area contributed by atoms with Crippen LogP contribution in [-0.4, -0.2) is 44.9 Å². The predicted molar refractivity (Wildman–Crippen MR) is 106 cm³/mol. The standard InChI is InChI=1S/C20H24N2O3S/c1-22(2)17-11-9-16(10-12-17)20(24)25-15-19(23)21-13-6-14-26-18-7-4-3-5-8-18/h3-5,7-12H,6,13-15H2,1-2H3,(H,21,23). The Bertz CT molecular complexity index is 703. The first kappa shape index (κ1) is 19.8. The van der Waals surface area contributed by atoms with Crippen LogP contribution in [0.15, 0.2) is 59.5 Å². The van der Waals surface area contributed by atoms with Crippen LogP contribution in [0.25, 0.3) is 0 Å². The molecular weight excluding hydrogens is 348 g/mol. The molecule has 0 heterocycles. The lowest BCUT2D eigenvalue weighted by Crippen LogP contribution is -2.29. The van der Waals surface area contributed by atoms with Crippen LogP contribution >= 0.6 is 11.8 Å². The Kier molecular flexibility index (Phi) is 8.02. The molecule has 0 aromatic heterocycles. The Morgan fingerprint density at radius 2 is 1.73 bits per heavy atom. The summed E-state index contributed by atoms with van der Waals surface area (Å²) in [6.07, 6.45) is 0.852. The fourth-order valence-electron chi connectivity index (χ4n) is 2.17. The number of ether oxygens (including phenoxy) is 1. The van der Waals surface area contributed by atoms with Gasteiger partial charge in [0, 0.05) is 31.2 Å². The number of rotatable bonds is 9. The molecule has 0 spiro atoms. The van der Waals surface area contributed by atoms with Gasteiger partial charge in [0.2, 0.25) is 0 Å². The van der Waals surface area contributed by atoms with Crippen LogP contribution in [0.1, 0.15) is 16.8 Å². The zero-order valence-corrected chi connectivity index (χ0v) is 15.9. The van der Waals surface area contributed by atoms with E-state index in [1.54, 1.807) is 23.9 Å². The lowest BCUT2D eigenvalue weighted by atomic mass is 10.2. The largest absolute Gasteiger partial charge is 0.452 e. The first-order chi connectivity index (χ1) is 12.6. The van der Waals surface area contributed by atoms with Crippen LogP contribution in [0.3, 0.4) is 0 Å². The predicted octanol–water partition coefficient (Wildman–Crippen LogP) is 3.21. The summed E-state index contributed by atoms with van der Waals surface area (Å²) in [5.41, 5.74) is 1.43. The maximum Gasteiger partial charge on any atom is 0.338 e. The van der Waals surface area contributed by atoms with E-state index in [-0.39, 0.29) is 12.5 Å². The van der Waals surface area contributed by atoms with Crippen molar-refractivity contribution < 1.29 is 14.3 Å². The SMILES string of the molecule is CN(C)c1ccc(C(=O)OCC(=O)NCCCSc2ccccc2)cc1. The molecule has 0 aliphatic carbocycles. The third-order valence-corrected chi connectivity index (χ3v) is 4.71. The third-order valence-electron chi connectivity index (χ3n) is 3.61. The normalized spacial score (nSPS) is 10.2. The summed E-state index contributed by atoms with van der Waals surface area (Å²) in [6.45, 7) is 0.299. The molecule has 2 aromatic rings. The number of amides is 1. The maximum absolute atomic E-state index is 11.9. The summed E-state index contributed by atoms with van der Waals surface area (Å²) < 4.78 is 5.05. The molecule has 6 heteroatoms. The average Bonchev–Trinajstić information content (AvgIpc) is 2.66. The van der Waals surface area contributed by atoms with Gasteiger partial charge in [-0.15, -0.1) is 11.8 Å². The molecular formula is C20H24N2O3S. The van der Waals surface area contributed by atoms with Crippen molar-refractivity contribution in [1.29, 1.82) is 0 Å². The van der Waals surface area contributed by atoms with E-state index in [1.807, 2.05) is 49.3 Å². The summed E-state index contributed by atoms with van der Waals surface area (Å²) in [7, 11) is 3.85. The van der Waals surface area contributed by atoms with Crippen LogP contribution in [0.2, 0.25) is 0 Å². The molecule has 0 bridgehead atoms. The molecule has 0 saturated carbocycles. The molecule has 0 fully saturated rings. The van der Waals surface area contributed by atoms with Gasteiger partial charge in [-0.2, -0.15) is 0 Å². The molecule has 0 aliphatic heterocycles. The fourth-order valence-corrected chi connectivity index (χ4v) is 3.04. The van der Waals surface area contributed by atoms with Crippen molar-refractivity contribution in [2.45, 2.75) is 11.3 Å². The topological polar surface area (TPSA) is 58.6 Å². The number of benzene rings is 2. The lowest BCUT2D eigenvalue weighted by Gasteiger charge is -2.12. The van der Waals surface area contributed by atoms with Crippen molar-refractivity contribution in [3.63, 3.8) is 0 Å². The second kappa shape index (κ2) is 10.5. The highest BCUT2D eigenvalue weighted by Crippen LogP contribution is 2.17. The number of anilines is 1. The molecule has 1 amide bonds. The molecule has 26 heavy (non-hydrogen) atoms. The Morgan fingerprint density at radius 1 is 1.04 bits per heavy atom. The Morgan fingerprint density at radius 3 is 2.38 bits per heavy atom. The zero-order valence-electron chi connectivity index (χ0n) is 15.1. The lowest BCUT2D eigenvalue weighted by molar-refractivity contribution is -0.124. The number of esters is 1. The molecule has 2 rings (SSSR count). The minimum atomic E-state index is -0.495. The third kappa shape index (κ3) is 6.80. The summed E-state index contributed by atoms with van der Waals surface area (Å²) in [5.74, 6) is 0.139.